The lowest BCUT2D eigenvalue weighted by Crippen LogP contribution is -2.05. The molecule has 0 saturated heterocycles. The normalized spacial score (nSPS) is 10.4. The van der Waals surface area contributed by atoms with Crippen molar-refractivity contribution in [2.45, 2.75) is 13.8 Å². The highest BCUT2D eigenvalue weighted by Crippen LogP contribution is 2.23. The number of aromatic nitrogens is 2. The Hall–Kier alpha value is -1.11. The molecule has 0 spiro atoms. The summed E-state index contributed by atoms with van der Waals surface area (Å²) in [6.45, 7) is 4.87. The van der Waals surface area contributed by atoms with Gasteiger partial charge in [-0.15, -0.1) is 0 Å². The summed E-state index contributed by atoms with van der Waals surface area (Å²) in [6, 6.07) is 1.86. The third kappa shape index (κ3) is 2.18. The van der Waals surface area contributed by atoms with E-state index in [1.54, 1.807) is 12.5 Å². The molecule has 2 aromatic heterocycles. The molecule has 2 heterocycles. The van der Waals surface area contributed by atoms with Crippen molar-refractivity contribution in [3.8, 4) is 11.4 Å². The van der Waals surface area contributed by atoms with Crippen LogP contribution in [0.5, 0.6) is 0 Å². The number of halogens is 1. The van der Waals surface area contributed by atoms with Crippen molar-refractivity contribution in [2.75, 3.05) is 11.9 Å². The first-order valence-electron chi connectivity index (χ1n) is 5.03. The van der Waals surface area contributed by atoms with Crippen molar-refractivity contribution >= 4 is 28.4 Å². The lowest BCUT2D eigenvalue weighted by molar-refractivity contribution is 0.568. The van der Waals surface area contributed by atoms with Crippen LogP contribution in [0.3, 0.4) is 0 Å². The highest BCUT2D eigenvalue weighted by molar-refractivity contribution is 14.1. The summed E-state index contributed by atoms with van der Waals surface area (Å²) in [5.41, 5.74) is 1.88. The second-order valence-electron chi connectivity index (χ2n) is 3.34. The molecule has 5 heteroatoms. The zero-order valence-electron chi connectivity index (χ0n) is 9.12. The Morgan fingerprint density at radius 1 is 1.44 bits per heavy atom. The van der Waals surface area contributed by atoms with Crippen molar-refractivity contribution in [1.29, 1.82) is 0 Å². The largest absolute Gasteiger partial charge is 0.472 e. The van der Waals surface area contributed by atoms with Gasteiger partial charge in [-0.2, -0.15) is 0 Å². The molecule has 2 rings (SSSR count). The smallest absolute Gasteiger partial charge is 0.165 e. The first kappa shape index (κ1) is 11.4. The Balaban J connectivity index is 2.48. The first-order valence-corrected chi connectivity index (χ1v) is 6.10. The number of aryl methyl sites for hydroxylation is 1. The molecule has 4 nitrogen and oxygen atoms in total. The predicted molar refractivity (Wildman–Crippen MR) is 71.4 cm³/mol. The van der Waals surface area contributed by atoms with Gasteiger partial charge in [0, 0.05) is 6.54 Å². The van der Waals surface area contributed by atoms with Crippen molar-refractivity contribution in [3.63, 3.8) is 0 Å². The topological polar surface area (TPSA) is 51.0 Å². The molecule has 0 saturated carbocycles. The Labute approximate surface area is 108 Å². The van der Waals surface area contributed by atoms with Gasteiger partial charge in [0.05, 0.1) is 21.1 Å². The molecular weight excluding hydrogens is 317 g/mol. The van der Waals surface area contributed by atoms with E-state index in [9.17, 15) is 0 Å². The standard InChI is InChI=1S/C11H12IN3O/c1-3-13-11-9(12)7(2)14-10(15-11)8-4-5-16-6-8/h4-6H,3H2,1-2H3,(H,13,14,15). The van der Waals surface area contributed by atoms with Crippen molar-refractivity contribution in [1.82, 2.24) is 9.97 Å². The molecule has 0 amide bonds. The average Bonchev–Trinajstić information content (AvgIpc) is 2.78. The number of nitrogens with one attached hydrogen (secondary N) is 1. The molecule has 0 radical (unpaired) electrons. The summed E-state index contributed by atoms with van der Waals surface area (Å²) >= 11 is 2.25. The second-order valence-corrected chi connectivity index (χ2v) is 4.42. The van der Waals surface area contributed by atoms with Crippen LogP contribution in [-0.4, -0.2) is 16.5 Å². The zero-order chi connectivity index (χ0) is 11.5. The molecule has 2 aromatic rings. The fraction of sp³-hybridized carbons (Fsp3) is 0.273. The van der Waals surface area contributed by atoms with Crippen molar-refractivity contribution < 1.29 is 4.42 Å². The van der Waals surface area contributed by atoms with Gasteiger partial charge in [-0.05, 0) is 42.5 Å². The Bertz CT molecular complexity index is 482. The SMILES string of the molecule is CCNc1nc(-c2ccoc2)nc(C)c1I. The van der Waals surface area contributed by atoms with E-state index in [4.69, 9.17) is 4.42 Å². The number of nitrogens with zero attached hydrogens (tertiary/aromatic N) is 2. The van der Waals surface area contributed by atoms with E-state index in [0.717, 1.165) is 27.2 Å². The van der Waals surface area contributed by atoms with Crippen LogP contribution in [0.1, 0.15) is 12.6 Å². The fourth-order valence-electron chi connectivity index (χ4n) is 1.36. The summed E-state index contributed by atoms with van der Waals surface area (Å²) in [7, 11) is 0. The maximum atomic E-state index is 5.04. The third-order valence-electron chi connectivity index (χ3n) is 2.14. The maximum absolute atomic E-state index is 5.04. The molecule has 0 aliphatic heterocycles. The molecular formula is C11H12IN3O. The number of furan rings is 1. The zero-order valence-corrected chi connectivity index (χ0v) is 11.3. The Kier molecular flexibility index (Phi) is 3.42. The van der Waals surface area contributed by atoms with E-state index in [0.29, 0.717) is 5.82 Å². The van der Waals surface area contributed by atoms with Crippen LogP contribution in [-0.2, 0) is 0 Å². The van der Waals surface area contributed by atoms with Crippen LogP contribution < -0.4 is 5.32 Å². The summed E-state index contributed by atoms with van der Waals surface area (Å²) in [5.74, 6) is 1.58. The van der Waals surface area contributed by atoms with E-state index in [2.05, 4.69) is 37.9 Å². The Morgan fingerprint density at radius 3 is 2.88 bits per heavy atom. The van der Waals surface area contributed by atoms with Crippen molar-refractivity contribution in [2.24, 2.45) is 0 Å². The minimum atomic E-state index is 0.697. The van der Waals surface area contributed by atoms with Gasteiger partial charge in [0.2, 0.25) is 0 Å². The van der Waals surface area contributed by atoms with Crippen LogP contribution in [0.15, 0.2) is 23.0 Å². The maximum Gasteiger partial charge on any atom is 0.165 e. The van der Waals surface area contributed by atoms with Gasteiger partial charge in [0.1, 0.15) is 12.1 Å². The van der Waals surface area contributed by atoms with E-state index in [-0.39, 0.29) is 0 Å². The van der Waals surface area contributed by atoms with Crippen LogP contribution in [0.25, 0.3) is 11.4 Å². The van der Waals surface area contributed by atoms with E-state index in [1.165, 1.54) is 0 Å². The minimum Gasteiger partial charge on any atom is -0.472 e. The third-order valence-corrected chi connectivity index (χ3v) is 3.43. The number of hydrogen-bond acceptors (Lipinski definition) is 4. The highest BCUT2D eigenvalue weighted by Gasteiger charge is 2.10. The Morgan fingerprint density at radius 2 is 2.25 bits per heavy atom. The molecule has 0 unspecified atom stereocenters. The summed E-state index contributed by atoms with van der Waals surface area (Å²) in [5, 5.41) is 3.23. The number of anilines is 1. The van der Waals surface area contributed by atoms with Gasteiger partial charge in [0.15, 0.2) is 5.82 Å². The van der Waals surface area contributed by atoms with E-state index < -0.39 is 0 Å². The quantitative estimate of drug-likeness (QED) is 0.880. The van der Waals surface area contributed by atoms with Crippen LogP contribution in [0.2, 0.25) is 0 Å². The molecule has 0 aliphatic rings. The van der Waals surface area contributed by atoms with Crippen LogP contribution in [0.4, 0.5) is 5.82 Å². The molecule has 0 fully saturated rings. The van der Waals surface area contributed by atoms with Gasteiger partial charge < -0.3 is 9.73 Å². The fourth-order valence-corrected chi connectivity index (χ4v) is 1.80. The predicted octanol–water partition coefficient (Wildman–Crippen LogP) is 3.08. The first-order chi connectivity index (χ1) is 7.72. The van der Waals surface area contributed by atoms with Crippen LogP contribution >= 0.6 is 22.6 Å². The average molecular weight is 329 g/mol. The van der Waals surface area contributed by atoms with E-state index >= 15 is 0 Å². The molecule has 0 atom stereocenters. The minimum absolute atomic E-state index is 0.697. The number of hydrogen-bond donors (Lipinski definition) is 1. The molecule has 0 bridgehead atoms. The number of rotatable bonds is 3. The highest BCUT2D eigenvalue weighted by atomic mass is 127. The van der Waals surface area contributed by atoms with Gasteiger partial charge in [0.25, 0.3) is 0 Å². The van der Waals surface area contributed by atoms with Crippen molar-refractivity contribution in [3.05, 3.63) is 27.9 Å². The molecule has 16 heavy (non-hydrogen) atoms. The molecule has 84 valence electrons. The summed E-state index contributed by atoms with van der Waals surface area (Å²) in [6.07, 6.45) is 3.27. The summed E-state index contributed by atoms with van der Waals surface area (Å²) in [4.78, 5) is 8.92. The summed E-state index contributed by atoms with van der Waals surface area (Å²) < 4.78 is 6.10. The van der Waals surface area contributed by atoms with Gasteiger partial charge >= 0.3 is 0 Å². The lowest BCUT2D eigenvalue weighted by atomic mass is 10.3. The molecule has 1 N–H and O–H groups in total. The molecule has 0 aliphatic carbocycles. The van der Waals surface area contributed by atoms with E-state index in [1.807, 2.05) is 19.9 Å². The van der Waals surface area contributed by atoms with Crippen LogP contribution in [0, 0.1) is 10.5 Å². The van der Waals surface area contributed by atoms with Gasteiger partial charge in [-0.3, -0.25) is 0 Å². The second kappa shape index (κ2) is 4.82. The monoisotopic (exact) mass is 329 g/mol. The van der Waals surface area contributed by atoms with Gasteiger partial charge in [-0.1, -0.05) is 0 Å². The molecule has 0 aromatic carbocycles. The lowest BCUT2D eigenvalue weighted by Gasteiger charge is -2.08. The van der Waals surface area contributed by atoms with Gasteiger partial charge in [-0.25, -0.2) is 9.97 Å².